The molecular weight excluding hydrogens is 320 g/mol. The Balaban J connectivity index is 1.42. The number of piperidine rings is 1. The third kappa shape index (κ3) is 3.37. The van der Waals surface area contributed by atoms with Gasteiger partial charge in [-0.2, -0.15) is 5.26 Å². The Labute approximate surface area is 154 Å². The number of hydrogen-bond acceptors (Lipinski definition) is 3. The minimum Gasteiger partial charge on any atom is -0.361 e. The van der Waals surface area contributed by atoms with Crippen LogP contribution in [0.4, 0.5) is 0 Å². The highest BCUT2D eigenvalue weighted by Gasteiger charge is 2.24. The quantitative estimate of drug-likeness (QED) is 0.754. The van der Waals surface area contributed by atoms with Crippen molar-refractivity contribution < 1.29 is 0 Å². The van der Waals surface area contributed by atoms with Crippen LogP contribution < -0.4 is 5.73 Å². The molecule has 3 N–H and O–H groups in total. The molecule has 0 amide bonds. The molecule has 3 aromatic rings. The first-order valence-electron chi connectivity index (χ1n) is 9.28. The maximum atomic E-state index is 9.17. The molecule has 4 nitrogen and oxygen atoms in total. The van der Waals surface area contributed by atoms with Crippen molar-refractivity contribution in [1.29, 1.82) is 5.26 Å². The molecule has 1 unspecified atom stereocenters. The summed E-state index contributed by atoms with van der Waals surface area (Å²) in [4.78, 5) is 5.83. The average molecular weight is 344 g/mol. The number of hydrogen-bond donors (Lipinski definition) is 2. The fourth-order valence-corrected chi connectivity index (χ4v) is 4.06. The van der Waals surface area contributed by atoms with Gasteiger partial charge >= 0.3 is 0 Å². The molecule has 132 valence electrons. The van der Waals surface area contributed by atoms with Crippen LogP contribution in [0.5, 0.6) is 0 Å². The van der Waals surface area contributed by atoms with E-state index in [-0.39, 0.29) is 6.04 Å². The first kappa shape index (κ1) is 16.8. The lowest BCUT2D eigenvalue weighted by Crippen LogP contribution is -2.38. The van der Waals surface area contributed by atoms with Crippen LogP contribution in [-0.4, -0.2) is 29.5 Å². The Hall–Kier alpha value is -2.61. The molecule has 1 fully saturated rings. The van der Waals surface area contributed by atoms with Crippen LogP contribution in [0.1, 0.15) is 41.5 Å². The lowest BCUT2D eigenvalue weighted by molar-refractivity contribution is 0.202. The lowest BCUT2D eigenvalue weighted by Gasteiger charge is -2.33. The summed E-state index contributed by atoms with van der Waals surface area (Å²) < 4.78 is 0. The molecule has 0 radical (unpaired) electrons. The van der Waals surface area contributed by atoms with Gasteiger partial charge in [0.25, 0.3) is 0 Å². The Morgan fingerprint density at radius 2 is 1.92 bits per heavy atom. The van der Waals surface area contributed by atoms with Crippen molar-refractivity contribution in [1.82, 2.24) is 9.88 Å². The normalized spacial score (nSPS) is 17.2. The second-order valence-corrected chi connectivity index (χ2v) is 7.21. The molecule has 2 heterocycles. The third-order valence-electron chi connectivity index (χ3n) is 5.55. The van der Waals surface area contributed by atoms with E-state index < -0.39 is 0 Å². The zero-order valence-corrected chi connectivity index (χ0v) is 14.9. The number of nitriles is 1. The van der Waals surface area contributed by atoms with E-state index in [1.165, 1.54) is 16.5 Å². The minimum absolute atomic E-state index is 0.0685. The highest BCUT2D eigenvalue weighted by atomic mass is 15.1. The Morgan fingerprint density at radius 3 is 2.65 bits per heavy atom. The van der Waals surface area contributed by atoms with Crippen molar-refractivity contribution in [2.75, 3.05) is 19.6 Å². The molecule has 4 heteroatoms. The standard InChI is InChI=1S/C22H24N4/c23-13-16-6-7-22-19(12-16)20(14-25-22)17-8-10-26(11-9-17)15-21(24)18-4-2-1-3-5-18/h1-7,12,14,17,21,25H,8-11,15,24H2. The fourth-order valence-electron chi connectivity index (χ4n) is 4.06. The van der Waals surface area contributed by atoms with E-state index in [2.05, 4.69) is 34.3 Å². The van der Waals surface area contributed by atoms with E-state index in [1.54, 1.807) is 0 Å². The van der Waals surface area contributed by atoms with Crippen molar-refractivity contribution >= 4 is 10.9 Å². The highest BCUT2D eigenvalue weighted by molar-refractivity contribution is 5.85. The fraction of sp³-hybridized carbons (Fsp3) is 0.318. The van der Waals surface area contributed by atoms with Crippen molar-refractivity contribution in [3.8, 4) is 6.07 Å². The number of benzene rings is 2. The molecule has 1 saturated heterocycles. The second-order valence-electron chi connectivity index (χ2n) is 7.21. The number of aromatic nitrogens is 1. The van der Waals surface area contributed by atoms with Crippen LogP contribution >= 0.6 is 0 Å². The van der Waals surface area contributed by atoms with Crippen LogP contribution in [0.2, 0.25) is 0 Å². The molecule has 2 aromatic carbocycles. The number of nitrogens with one attached hydrogen (secondary N) is 1. The zero-order chi connectivity index (χ0) is 17.9. The van der Waals surface area contributed by atoms with Gasteiger partial charge in [-0.15, -0.1) is 0 Å². The van der Waals surface area contributed by atoms with Gasteiger partial charge in [0, 0.05) is 29.7 Å². The van der Waals surface area contributed by atoms with E-state index in [1.807, 2.05) is 36.4 Å². The van der Waals surface area contributed by atoms with E-state index in [4.69, 9.17) is 11.0 Å². The van der Waals surface area contributed by atoms with Crippen LogP contribution in [0.25, 0.3) is 10.9 Å². The summed E-state index contributed by atoms with van der Waals surface area (Å²) in [6, 6.07) is 18.5. The Kier molecular flexibility index (Phi) is 4.75. The third-order valence-corrected chi connectivity index (χ3v) is 5.55. The SMILES string of the molecule is N#Cc1ccc2[nH]cc(C3CCN(CC(N)c4ccccc4)CC3)c2c1. The van der Waals surface area contributed by atoms with Gasteiger partial charge in [0.15, 0.2) is 0 Å². The highest BCUT2D eigenvalue weighted by Crippen LogP contribution is 2.33. The number of nitrogens with zero attached hydrogens (tertiary/aromatic N) is 2. The first-order chi connectivity index (χ1) is 12.7. The molecule has 0 aliphatic carbocycles. The van der Waals surface area contributed by atoms with Crippen LogP contribution in [0, 0.1) is 11.3 Å². The van der Waals surface area contributed by atoms with Gasteiger partial charge in [-0.1, -0.05) is 30.3 Å². The van der Waals surface area contributed by atoms with Crippen molar-refractivity contribution in [2.45, 2.75) is 24.8 Å². The molecule has 1 aliphatic rings. The van der Waals surface area contributed by atoms with Crippen molar-refractivity contribution in [3.63, 3.8) is 0 Å². The van der Waals surface area contributed by atoms with E-state index in [9.17, 15) is 0 Å². The molecular formula is C22H24N4. The Morgan fingerprint density at radius 1 is 1.15 bits per heavy atom. The molecule has 1 aliphatic heterocycles. The van der Waals surface area contributed by atoms with Gasteiger partial charge in [0.1, 0.15) is 0 Å². The minimum atomic E-state index is 0.0685. The summed E-state index contributed by atoms with van der Waals surface area (Å²) in [5.74, 6) is 0.543. The van der Waals surface area contributed by atoms with E-state index in [0.717, 1.165) is 43.6 Å². The van der Waals surface area contributed by atoms with Gasteiger partial charge in [-0.3, -0.25) is 0 Å². The smallest absolute Gasteiger partial charge is 0.0991 e. The largest absolute Gasteiger partial charge is 0.361 e. The topological polar surface area (TPSA) is 68.8 Å². The van der Waals surface area contributed by atoms with E-state index in [0.29, 0.717) is 5.92 Å². The van der Waals surface area contributed by atoms with Crippen LogP contribution in [-0.2, 0) is 0 Å². The van der Waals surface area contributed by atoms with Crippen molar-refractivity contribution in [2.24, 2.45) is 5.73 Å². The summed E-state index contributed by atoms with van der Waals surface area (Å²) >= 11 is 0. The molecule has 1 aromatic heterocycles. The van der Waals surface area contributed by atoms with Gasteiger partial charge in [-0.05, 0) is 61.2 Å². The predicted octanol–water partition coefficient (Wildman–Crippen LogP) is 3.92. The zero-order valence-electron chi connectivity index (χ0n) is 14.9. The average Bonchev–Trinajstić information content (AvgIpc) is 3.12. The van der Waals surface area contributed by atoms with Gasteiger partial charge < -0.3 is 15.6 Å². The monoisotopic (exact) mass is 344 g/mol. The summed E-state index contributed by atoms with van der Waals surface area (Å²) in [6.07, 6.45) is 4.39. The molecule has 0 spiro atoms. The van der Waals surface area contributed by atoms with Gasteiger partial charge in [-0.25, -0.2) is 0 Å². The Bertz CT molecular complexity index is 914. The summed E-state index contributed by atoms with van der Waals surface area (Å²) in [5, 5.41) is 10.4. The maximum Gasteiger partial charge on any atom is 0.0991 e. The van der Waals surface area contributed by atoms with Gasteiger partial charge in [0.2, 0.25) is 0 Å². The second kappa shape index (κ2) is 7.33. The number of rotatable bonds is 4. The van der Waals surface area contributed by atoms with Crippen molar-refractivity contribution in [3.05, 3.63) is 71.4 Å². The number of fused-ring (bicyclic) bond motifs is 1. The molecule has 0 bridgehead atoms. The predicted molar refractivity (Wildman–Crippen MR) is 105 cm³/mol. The molecule has 26 heavy (non-hydrogen) atoms. The van der Waals surface area contributed by atoms with Crippen LogP contribution in [0.3, 0.4) is 0 Å². The van der Waals surface area contributed by atoms with E-state index >= 15 is 0 Å². The number of nitrogens with two attached hydrogens (primary N) is 1. The molecule has 0 saturated carbocycles. The first-order valence-corrected chi connectivity index (χ1v) is 9.28. The molecule has 4 rings (SSSR count). The number of likely N-dealkylation sites (tertiary alicyclic amines) is 1. The summed E-state index contributed by atoms with van der Waals surface area (Å²) in [5.41, 5.74) is 10.8. The van der Waals surface area contributed by atoms with Gasteiger partial charge in [0.05, 0.1) is 11.6 Å². The number of aromatic amines is 1. The lowest BCUT2D eigenvalue weighted by atomic mass is 9.88. The maximum absolute atomic E-state index is 9.17. The summed E-state index contributed by atoms with van der Waals surface area (Å²) in [6.45, 7) is 3.04. The summed E-state index contributed by atoms with van der Waals surface area (Å²) in [7, 11) is 0. The molecule has 1 atom stereocenters. The van der Waals surface area contributed by atoms with Crippen LogP contribution in [0.15, 0.2) is 54.7 Å². The number of H-pyrrole nitrogens is 1.